The lowest BCUT2D eigenvalue weighted by atomic mass is 9.95. The van der Waals surface area contributed by atoms with E-state index in [4.69, 9.17) is 0 Å². The predicted octanol–water partition coefficient (Wildman–Crippen LogP) is 1.03. The number of aromatic nitrogens is 2. The van der Waals surface area contributed by atoms with E-state index in [9.17, 15) is 14.4 Å². The van der Waals surface area contributed by atoms with Crippen molar-refractivity contribution in [3.05, 3.63) is 17.5 Å². The molecule has 1 unspecified atom stereocenters. The molecule has 8 heteroatoms. The first-order chi connectivity index (χ1) is 12.1. The van der Waals surface area contributed by atoms with Crippen LogP contribution >= 0.6 is 0 Å². The van der Waals surface area contributed by atoms with Gasteiger partial charge in [-0.25, -0.2) is 0 Å². The van der Waals surface area contributed by atoms with E-state index >= 15 is 0 Å². The van der Waals surface area contributed by atoms with E-state index in [2.05, 4.69) is 29.6 Å². The van der Waals surface area contributed by atoms with Crippen LogP contribution in [0, 0.1) is 5.92 Å². The van der Waals surface area contributed by atoms with Gasteiger partial charge in [0.1, 0.15) is 11.2 Å². The Morgan fingerprint density at radius 3 is 2.54 bits per heavy atom. The Morgan fingerprint density at radius 2 is 1.96 bits per heavy atom. The lowest BCUT2D eigenvalue weighted by molar-refractivity contribution is -0.132. The van der Waals surface area contributed by atoms with Crippen LogP contribution in [0.5, 0.6) is 0 Å². The van der Waals surface area contributed by atoms with E-state index < -0.39 is 5.54 Å². The maximum Gasteiger partial charge on any atom is 0.272 e. The van der Waals surface area contributed by atoms with Gasteiger partial charge in [0.25, 0.3) is 11.8 Å². The van der Waals surface area contributed by atoms with Gasteiger partial charge in [0.2, 0.25) is 5.91 Å². The molecule has 0 bridgehead atoms. The number of likely N-dealkylation sites (N-methyl/N-ethyl adjacent to an activating group) is 1. The topological polar surface area (TPSA) is 96.3 Å². The third kappa shape index (κ3) is 3.89. The molecule has 1 aromatic rings. The number of carbonyl (C=O) groups is 3. The molecule has 0 aliphatic carbocycles. The third-order valence-electron chi connectivity index (χ3n) is 4.65. The zero-order valence-corrected chi connectivity index (χ0v) is 16.4. The molecule has 0 aromatic carbocycles. The Bertz CT molecular complexity index is 710. The fourth-order valence-corrected chi connectivity index (χ4v) is 2.84. The average molecular weight is 363 g/mol. The minimum absolute atomic E-state index is 0.0309. The van der Waals surface area contributed by atoms with Crippen molar-refractivity contribution >= 4 is 17.7 Å². The molecular weight excluding hydrogens is 334 g/mol. The summed E-state index contributed by atoms with van der Waals surface area (Å²) in [5.74, 6) is -0.397. The van der Waals surface area contributed by atoms with Crippen molar-refractivity contribution in [2.45, 2.75) is 59.2 Å². The van der Waals surface area contributed by atoms with Gasteiger partial charge in [-0.05, 0) is 33.1 Å². The van der Waals surface area contributed by atoms with Crippen LogP contribution in [0.3, 0.4) is 0 Å². The number of carbonyl (C=O) groups excluding carboxylic acids is 3. The number of nitrogens with zero attached hydrogens (tertiary/aromatic N) is 3. The molecule has 1 aromatic heterocycles. The highest BCUT2D eigenvalue weighted by atomic mass is 16.2. The third-order valence-corrected chi connectivity index (χ3v) is 4.65. The highest BCUT2D eigenvalue weighted by Gasteiger charge is 2.46. The van der Waals surface area contributed by atoms with Crippen molar-refractivity contribution < 1.29 is 14.4 Å². The van der Waals surface area contributed by atoms with Crippen molar-refractivity contribution in [2.75, 3.05) is 13.6 Å². The molecule has 1 aliphatic rings. The molecule has 8 nitrogen and oxygen atoms in total. The molecule has 0 radical (unpaired) electrons. The standard InChI is InChI=1S/C18H29N5O3/c1-11(2)7-8-19-17(26)18(5)10-23-14(16(25)22(18)6)9-13(21-23)15(24)20-12(3)4/h9,11-12H,7-8,10H2,1-6H3,(H,19,26)(H,20,24). The summed E-state index contributed by atoms with van der Waals surface area (Å²) in [5.41, 5.74) is -0.562. The largest absolute Gasteiger partial charge is 0.354 e. The SMILES string of the molecule is CC(C)CCNC(=O)C1(C)Cn2nc(C(=O)NC(C)C)cc2C(=O)N1C. The monoisotopic (exact) mass is 363 g/mol. The smallest absolute Gasteiger partial charge is 0.272 e. The second-order valence-electron chi connectivity index (χ2n) is 7.78. The predicted molar refractivity (Wildman–Crippen MR) is 97.8 cm³/mol. The van der Waals surface area contributed by atoms with Gasteiger partial charge in [-0.3, -0.25) is 19.1 Å². The fraction of sp³-hybridized carbons (Fsp3) is 0.667. The highest BCUT2D eigenvalue weighted by molar-refractivity contribution is 6.01. The van der Waals surface area contributed by atoms with Crippen LogP contribution in [0.25, 0.3) is 0 Å². The van der Waals surface area contributed by atoms with Gasteiger partial charge in [0, 0.05) is 25.7 Å². The lowest BCUT2D eigenvalue weighted by Crippen LogP contribution is -2.62. The highest BCUT2D eigenvalue weighted by Crippen LogP contribution is 2.26. The van der Waals surface area contributed by atoms with E-state index in [-0.39, 0.29) is 36.0 Å². The van der Waals surface area contributed by atoms with E-state index in [1.54, 1.807) is 14.0 Å². The Labute approximate surface area is 154 Å². The Morgan fingerprint density at radius 1 is 1.31 bits per heavy atom. The zero-order chi connectivity index (χ0) is 19.6. The molecule has 0 saturated heterocycles. The molecule has 1 atom stereocenters. The summed E-state index contributed by atoms with van der Waals surface area (Å²) in [6, 6.07) is 1.45. The van der Waals surface area contributed by atoms with Crippen LogP contribution in [0.4, 0.5) is 0 Å². The van der Waals surface area contributed by atoms with Gasteiger partial charge in [-0.2, -0.15) is 5.10 Å². The first-order valence-electron chi connectivity index (χ1n) is 9.01. The molecule has 2 heterocycles. The van der Waals surface area contributed by atoms with E-state index in [0.717, 1.165) is 6.42 Å². The Kier molecular flexibility index (Phi) is 5.73. The summed E-state index contributed by atoms with van der Waals surface area (Å²) in [6.45, 7) is 10.4. The number of hydrogen-bond acceptors (Lipinski definition) is 4. The minimum atomic E-state index is -1.06. The van der Waals surface area contributed by atoms with Gasteiger partial charge in [0.15, 0.2) is 5.69 Å². The summed E-state index contributed by atoms with van der Waals surface area (Å²) in [7, 11) is 1.61. The summed E-state index contributed by atoms with van der Waals surface area (Å²) >= 11 is 0. The van der Waals surface area contributed by atoms with Crippen LogP contribution in [0.15, 0.2) is 6.07 Å². The molecule has 0 saturated carbocycles. The van der Waals surface area contributed by atoms with E-state index in [1.165, 1.54) is 15.6 Å². The second-order valence-corrected chi connectivity index (χ2v) is 7.78. The first kappa shape index (κ1) is 19.9. The first-order valence-corrected chi connectivity index (χ1v) is 9.01. The second kappa shape index (κ2) is 7.47. The van der Waals surface area contributed by atoms with Crippen LogP contribution in [-0.2, 0) is 11.3 Å². The molecular formula is C18H29N5O3. The molecule has 1 aliphatic heterocycles. The van der Waals surface area contributed by atoms with Crippen molar-refractivity contribution in [3.63, 3.8) is 0 Å². The van der Waals surface area contributed by atoms with Gasteiger partial charge >= 0.3 is 0 Å². The van der Waals surface area contributed by atoms with Crippen molar-refractivity contribution in [1.29, 1.82) is 0 Å². The summed E-state index contributed by atoms with van der Waals surface area (Å²) in [4.78, 5) is 39.1. The number of rotatable bonds is 6. The van der Waals surface area contributed by atoms with Gasteiger partial charge in [-0.1, -0.05) is 13.8 Å². The van der Waals surface area contributed by atoms with Crippen LogP contribution < -0.4 is 10.6 Å². The number of amides is 3. The van der Waals surface area contributed by atoms with Crippen LogP contribution in [0.2, 0.25) is 0 Å². The van der Waals surface area contributed by atoms with Crippen molar-refractivity contribution in [1.82, 2.24) is 25.3 Å². The molecule has 2 N–H and O–H groups in total. The maximum absolute atomic E-state index is 12.7. The molecule has 144 valence electrons. The lowest BCUT2D eigenvalue weighted by Gasteiger charge is -2.40. The normalized spacial score (nSPS) is 19.7. The molecule has 3 amide bonds. The Balaban J connectivity index is 2.22. The van der Waals surface area contributed by atoms with Gasteiger partial charge < -0.3 is 15.5 Å². The number of nitrogens with one attached hydrogen (secondary N) is 2. The van der Waals surface area contributed by atoms with Crippen molar-refractivity contribution in [3.8, 4) is 0 Å². The molecule has 2 rings (SSSR count). The molecule has 0 spiro atoms. The maximum atomic E-state index is 12.7. The summed E-state index contributed by atoms with van der Waals surface area (Å²) < 4.78 is 1.46. The quantitative estimate of drug-likeness (QED) is 0.789. The van der Waals surface area contributed by atoms with Gasteiger partial charge in [-0.15, -0.1) is 0 Å². The minimum Gasteiger partial charge on any atom is -0.354 e. The summed E-state index contributed by atoms with van der Waals surface area (Å²) in [6.07, 6.45) is 0.867. The number of hydrogen-bond donors (Lipinski definition) is 2. The Hall–Kier alpha value is -2.38. The van der Waals surface area contributed by atoms with E-state index in [0.29, 0.717) is 18.2 Å². The van der Waals surface area contributed by atoms with Crippen LogP contribution in [-0.4, -0.2) is 57.6 Å². The average Bonchev–Trinajstić information content (AvgIpc) is 2.95. The number of fused-ring (bicyclic) bond motifs is 1. The molecule has 26 heavy (non-hydrogen) atoms. The van der Waals surface area contributed by atoms with Crippen LogP contribution in [0.1, 0.15) is 62.0 Å². The van der Waals surface area contributed by atoms with Crippen molar-refractivity contribution in [2.24, 2.45) is 5.92 Å². The summed E-state index contributed by atoms with van der Waals surface area (Å²) in [5, 5.41) is 9.92. The fourth-order valence-electron chi connectivity index (χ4n) is 2.84. The van der Waals surface area contributed by atoms with Gasteiger partial charge in [0.05, 0.1) is 6.54 Å². The molecule has 0 fully saturated rings. The zero-order valence-electron chi connectivity index (χ0n) is 16.4. The van der Waals surface area contributed by atoms with E-state index in [1.807, 2.05) is 13.8 Å².